The van der Waals surface area contributed by atoms with Gasteiger partial charge in [-0.05, 0) is 37.3 Å². The van der Waals surface area contributed by atoms with Gasteiger partial charge in [0.1, 0.15) is 0 Å². The van der Waals surface area contributed by atoms with Crippen LogP contribution in [0.3, 0.4) is 0 Å². The third kappa shape index (κ3) is 3.86. The fourth-order valence-corrected chi connectivity index (χ4v) is 2.28. The Kier molecular flexibility index (Phi) is 4.84. The van der Waals surface area contributed by atoms with Gasteiger partial charge in [0, 0.05) is 5.69 Å². The van der Waals surface area contributed by atoms with Crippen molar-refractivity contribution in [3.05, 3.63) is 63.7 Å². The highest BCUT2D eigenvalue weighted by Gasteiger charge is 2.33. The highest BCUT2D eigenvalue weighted by molar-refractivity contribution is 6.31. The molecule has 1 amide bonds. The summed E-state index contributed by atoms with van der Waals surface area (Å²) >= 11 is 5.51. The second-order valence-corrected chi connectivity index (χ2v) is 5.41. The number of carboxylic acid groups (broad SMARTS) is 1. The molecule has 0 aliphatic rings. The van der Waals surface area contributed by atoms with E-state index in [0.717, 1.165) is 6.07 Å². The fourth-order valence-electron chi connectivity index (χ4n) is 2.05. The standard InChI is InChI=1S/C16H11ClF3NO3/c1-8-2-4-10(15(23)24)11(6-8)14(22)21-9-3-5-13(17)12(7-9)16(18,19)20/h2-7H,1H3,(H,21,22)(H,23,24). The average Bonchev–Trinajstić information content (AvgIpc) is 2.47. The number of halogens is 4. The molecular formula is C16H11ClF3NO3. The predicted octanol–water partition coefficient (Wildman–Crippen LogP) is 4.62. The van der Waals surface area contributed by atoms with Gasteiger partial charge in [0.2, 0.25) is 0 Å². The molecule has 0 saturated carbocycles. The van der Waals surface area contributed by atoms with Gasteiger partial charge in [0.05, 0.1) is 21.7 Å². The Morgan fingerprint density at radius 1 is 1.08 bits per heavy atom. The molecule has 2 aromatic rings. The van der Waals surface area contributed by atoms with E-state index in [9.17, 15) is 22.8 Å². The second-order valence-electron chi connectivity index (χ2n) is 5.00. The molecule has 0 fully saturated rings. The molecule has 0 radical (unpaired) electrons. The maximum absolute atomic E-state index is 12.8. The van der Waals surface area contributed by atoms with Gasteiger partial charge in [-0.2, -0.15) is 13.2 Å². The molecule has 2 N–H and O–H groups in total. The summed E-state index contributed by atoms with van der Waals surface area (Å²) in [5.41, 5.74) is -0.995. The molecule has 0 aliphatic carbocycles. The minimum Gasteiger partial charge on any atom is -0.478 e. The molecule has 0 unspecified atom stereocenters. The van der Waals surface area contributed by atoms with Crippen molar-refractivity contribution in [2.45, 2.75) is 13.1 Å². The Labute approximate surface area is 139 Å². The maximum atomic E-state index is 12.8. The van der Waals surface area contributed by atoms with Gasteiger partial charge in [-0.3, -0.25) is 4.79 Å². The van der Waals surface area contributed by atoms with Crippen molar-refractivity contribution in [2.75, 3.05) is 5.32 Å². The van der Waals surface area contributed by atoms with Crippen LogP contribution >= 0.6 is 11.6 Å². The quantitative estimate of drug-likeness (QED) is 0.842. The van der Waals surface area contributed by atoms with Crippen LogP contribution < -0.4 is 5.32 Å². The molecule has 126 valence electrons. The number of alkyl halides is 3. The SMILES string of the molecule is Cc1ccc(C(=O)O)c(C(=O)Nc2ccc(Cl)c(C(F)(F)F)c2)c1. The van der Waals surface area contributed by atoms with Gasteiger partial charge in [0.25, 0.3) is 5.91 Å². The average molecular weight is 358 g/mol. The first-order chi connectivity index (χ1) is 11.1. The Balaban J connectivity index is 2.38. The van der Waals surface area contributed by atoms with Gasteiger partial charge >= 0.3 is 12.1 Å². The van der Waals surface area contributed by atoms with Crippen molar-refractivity contribution < 1.29 is 27.9 Å². The lowest BCUT2D eigenvalue weighted by Crippen LogP contribution is -2.17. The van der Waals surface area contributed by atoms with Crippen LogP contribution in [0.25, 0.3) is 0 Å². The zero-order valence-electron chi connectivity index (χ0n) is 12.2. The number of carbonyl (C=O) groups is 2. The molecule has 0 bridgehead atoms. The van der Waals surface area contributed by atoms with Crippen LogP contribution in [-0.2, 0) is 6.18 Å². The van der Waals surface area contributed by atoms with Crippen molar-refractivity contribution >= 4 is 29.2 Å². The molecule has 2 aromatic carbocycles. The van der Waals surface area contributed by atoms with Gasteiger partial charge in [-0.25, -0.2) is 4.79 Å². The molecular weight excluding hydrogens is 347 g/mol. The molecule has 0 saturated heterocycles. The first-order valence-corrected chi connectivity index (χ1v) is 6.99. The summed E-state index contributed by atoms with van der Waals surface area (Å²) in [7, 11) is 0. The van der Waals surface area contributed by atoms with Crippen LogP contribution in [0.1, 0.15) is 31.8 Å². The Morgan fingerprint density at radius 2 is 1.75 bits per heavy atom. The molecule has 2 rings (SSSR count). The molecule has 0 atom stereocenters. The van der Waals surface area contributed by atoms with Crippen molar-refractivity contribution in [3.63, 3.8) is 0 Å². The number of carboxylic acids is 1. The van der Waals surface area contributed by atoms with Crippen molar-refractivity contribution in [1.82, 2.24) is 0 Å². The van der Waals surface area contributed by atoms with E-state index in [1.165, 1.54) is 24.3 Å². The lowest BCUT2D eigenvalue weighted by molar-refractivity contribution is -0.137. The minimum atomic E-state index is -4.67. The third-order valence-electron chi connectivity index (χ3n) is 3.18. The molecule has 24 heavy (non-hydrogen) atoms. The summed E-state index contributed by atoms with van der Waals surface area (Å²) in [5, 5.41) is 10.9. The number of rotatable bonds is 3. The first-order valence-electron chi connectivity index (χ1n) is 6.61. The zero-order valence-corrected chi connectivity index (χ0v) is 13.0. The van der Waals surface area contributed by atoms with E-state index >= 15 is 0 Å². The van der Waals surface area contributed by atoms with Crippen LogP contribution in [0.15, 0.2) is 36.4 Å². The fraction of sp³-hybridized carbons (Fsp3) is 0.125. The van der Waals surface area contributed by atoms with Gasteiger partial charge in [-0.1, -0.05) is 23.2 Å². The Bertz CT molecular complexity index is 819. The number of anilines is 1. The lowest BCUT2D eigenvalue weighted by atomic mass is 10.0. The van der Waals surface area contributed by atoms with Crippen molar-refractivity contribution in [3.8, 4) is 0 Å². The van der Waals surface area contributed by atoms with E-state index < -0.39 is 28.6 Å². The number of hydrogen-bond acceptors (Lipinski definition) is 2. The largest absolute Gasteiger partial charge is 0.478 e. The lowest BCUT2D eigenvalue weighted by Gasteiger charge is -2.12. The number of amides is 1. The molecule has 0 heterocycles. The highest BCUT2D eigenvalue weighted by Crippen LogP contribution is 2.36. The first kappa shape index (κ1) is 17.8. The van der Waals surface area contributed by atoms with Crippen LogP contribution in [0, 0.1) is 6.92 Å². The van der Waals surface area contributed by atoms with Crippen LogP contribution in [-0.4, -0.2) is 17.0 Å². The molecule has 0 aromatic heterocycles. The number of benzene rings is 2. The summed E-state index contributed by atoms with van der Waals surface area (Å²) in [4.78, 5) is 23.4. The van der Waals surface area contributed by atoms with E-state index in [1.54, 1.807) is 6.92 Å². The van der Waals surface area contributed by atoms with Gasteiger partial charge in [0.15, 0.2) is 0 Å². The van der Waals surface area contributed by atoms with Gasteiger partial charge in [-0.15, -0.1) is 0 Å². The van der Waals surface area contributed by atoms with Gasteiger partial charge < -0.3 is 10.4 Å². The molecule has 8 heteroatoms. The Morgan fingerprint density at radius 3 is 2.33 bits per heavy atom. The predicted molar refractivity (Wildman–Crippen MR) is 82.5 cm³/mol. The number of nitrogens with one attached hydrogen (secondary N) is 1. The van der Waals surface area contributed by atoms with E-state index in [0.29, 0.717) is 11.6 Å². The monoisotopic (exact) mass is 357 g/mol. The summed E-state index contributed by atoms with van der Waals surface area (Å²) < 4.78 is 38.5. The summed E-state index contributed by atoms with van der Waals surface area (Å²) in [5.74, 6) is -2.14. The normalized spacial score (nSPS) is 11.2. The summed E-state index contributed by atoms with van der Waals surface area (Å²) in [6.07, 6.45) is -4.67. The highest BCUT2D eigenvalue weighted by atomic mass is 35.5. The Hall–Kier alpha value is -2.54. The van der Waals surface area contributed by atoms with E-state index in [1.807, 2.05) is 0 Å². The summed E-state index contributed by atoms with van der Waals surface area (Å²) in [6.45, 7) is 1.66. The molecule has 0 spiro atoms. The smallest absolute Gasteiger partial charge is 0.417 e. The number of aromatic carboxylic acids is 1. The van der Waals surface area contributed by atoms with Crippen LogP contribution in [0.5, 0.6) is 0 Å². The van der Waals surface area contributed by atoms with E-state index in [2.05, 4.69) is 5.32 Å². The van der Waals surface area contributed by atoms with Crippen molar-refractivity contribution in [1.29, 1.82) is 0 Å². The number of aryl methyl sites for hydroxylation is 1. The van der Waals surface area contributed by atoms with Crippen LogP contribution in [0.2, 0.25) is 5.02 Å². The zero-order chi connectivity index (χ0) is 18.1. The van der Waals surface area contributed by atoms with Crippen LogP contribution in [0.4, 0.5) is 18.9 Å². The van der Waals surface area contributed by atoms with E-state index in [4.69, 9.17) is 16.7 Å². The van der Waals surface area contributed by atoms with E-state index in [-0.39, 0.29) is 16.8 Å². The third-order valence-corrected chi connectivity index (χ3v) is 3.51. The number of carbonyl (C=O) groups excluding carboxylic acids is 1. The summed E-state index contributed by atoms with van der Waals surface area (Å²) in [6, 6.07) is 7.02. The molecule has 4 nitrogen and oxygen atoms in total. The minimum absolute atomic E-state index is 0.144. The number of hydrogen-bond donors (Lipinski definition) is 2. The molecule has 0 aliphatic heterocycles. The topological polar surface area (TPSA) is 66.4 Å². The second kappa shape index (κ2) is 6.52. The maximum Gasteiger partial charge on any atom is 0.417 e. The van der Waals surface area contributed by atoms with Crippen molar-refractivity contribution in [2.24, 2.45) is 0 Å².